The number of anilines is 1. The monoisotopic (exact) mass is 342 g/mol. The van der Waals surface area contributed by atoms with Crippen LogP contribution in [0.5, 0.6) is 0 Å². The predicted octanol–water partition coefficient (Wildman–Crippen LogP) is 4.65. The molecule has 0 radical (unpaired) electrons. The van der Waals surface area contributed by atoms with Crippen LogP contribution < -0.4 is 5.32 Å². The summed E-state index contributed by atoms with van der Waals surface area (Å²) < 4.78 is 5.58. The molecule has 0 spiro atoms. The molecule has 4 nitrogen and oxygen atoms in total. The van der Waals surface area contributed by atoms with Crippen LogP contribution in [-0.4, -0.2) is 35.2 Å². The average molecular weight is 342 g/mol. The standard InChI is InChI=1S/C21H30N2O2/c1-6-17-10-9-11-18(15-17)22-16(2)14-19-12-7-8-13-23(19)20(24)25-21(3,4)5/h1,9-11,15-16,19,22H,7-8,12-14H2,2-5H3. The first-order chi connectivity index (χ1) is 11.8. The lowest BCUT2D eigenvalue weighted by atomic mass is 9.96. The number of nitrogens with one attached hydrogen (secondary N) is 1. The Morgan fingerprint density at radius 3 is 2.88 bits per heavy atom. The number of amides is 1. The highest BCUT2D eigenvalue weighted by molar-refractivity contribution is 5.68. The van der Waals surface area contributed by atoms with E-state index in [1.807, 2.05) is 49.9 Å². The SMILES string of the molecule is C#Cc1cccc(NC(C)CC2CCCCN2C(=O)OC(C)(C)C)c1. The van der Waals surface area contributed by atoms with Gasteiger partial charge in [0.2, 0.25) is 0 Å². The topological polar surface area (TPSA) is 41.6 Å². The first-order valence-corrected chi connectivity index (χ1v) is 9.11. The second-order valence-electron chi connectivity index (χ2n) is 7.83. The van der Waals surface area contributed by atoms with Crippen LogP contribution in [0.3, 0.4) is 0 Å². The summed E-state index contributed by atoms with van der Waals surface area (Å²) in [4.78, 5) is 14.4. The largest absolute Gasteiger partial charge is 0.444 e. The molecular formula is C21H30N2O2. The first-order valence-electron chi connectivity index (χ1n) is 9.11. The van der Waals surface area contributed by atoms with Gasteiger partial charge in [-0.25, -0.2) is 4.79 Å². The van der Waals surface area contributed by atoms with Gasteiger partial charge in [-0.1, -0.05) is 12.0 Å². The van der Waals surface area contributed by atoms with Crippen molar-refractivity contribution < 1.29 is 9.53 Å². The van der Waals surface area contributed by atoms with Crippen LogP contribution in [0.4, 0.5) is 10.5 Å². The molecule has 2 rings (SSSR count). The van der Waals surface area contributed by atoms with Crippen LogP contribution in [0.25, 0.3) is 0 Å². The lowest BCUT2D eigenvalue weighted by molar-refractivity contribution is 0.00852. The smallest absolute Gasteiger partial charge is 0.410 e. The number of hydrogen-bond donors (Lipinski definition) is 1. The number of ether oxygens (including phenoxy) is 1. The van der Waals surface area contributed by atoms with E-state index in [1.54, 1.807) is 0 Å². The summed E-state index contributed by atoms with van der Waals surface area (Å²) in [6.07, 6.45) is 9.38. The van der Waals surface area contributed by atoms with Crippen LogP contribution in [-0.2, 0) is 4.74 Å². The third-order valence-electron chi connectivity index (χ3n) is 4.32. The van der Waals surface area contributed by atoms with E-state index >= 15 is 0 Å². The van der Waals surface area contributed by atoms with Crippen molar-refractivity contribution in [3.63, 3.8) is 0 Å². The molecule has 1 fully saturated rings. The Hall–Kier alpha value is -2.15. The normalized spacial score (nSPS) is 19.0. The first kappa shape index (κ1) is 19.2. The van der Waals surface area contributed by atoms with E-state index in [1.165, 1.54) is 0 Å². The fraction of sp³-hybridized carbons (Fsp3) is 0.571. The van der Waals surface area contributed by atoms with Gasteiger partial charge in [0.1, 0.15) is 5.60 Å². The fourth-order valence-electron chi connectivity index (χ4n) is 3.26. The van der Waals surface area contributed by atoms with Crippen LogP contribution >= 0.6 is 0 Å². The van der Waals surface area contributed by atoms with Crippen molar-refractivity contribution in [3.05, 3.63) is 29.8 Å². The Morgan fingerprint density at radius 1 is 1.44 bits per heavy atom. The molecule has 1 aromatic carbocycles. The van der Waals surface area contributed by atoms with Gasteiger partial charge < -0.3 is 15.0 Å². The molecule has 0 bridgehead atoms. The van der Waals surface area contributed by atoms with Crippen molar-refractivity contribution >= 4 is 11.8 Å². The van der Waals surface area contributed by atoms with Crippen molar-refractivity contribution in [3.8, 4) is 12.3 Å². The molecule has 1 amide bonds. The number of piperidine rings is 1. The molecule has 1 saturated heterocycles. The molecule has 0 aromatic heterocycles. The van der Waals surface area contributed by atoms with Gasteiger partial charge in [-0.2, -0.15) is 0 Å². The minimum atomic E-state index is -0.460. The summed E-state index contributed by atoms with van der Waals surface area (Å²) in [5, 5.41) is 3.50. The highest BCUT2D eigenvalue weighted by Gasteiger charge is 2.31. The van der Waals surface area contributed by atoms with Gasteiger partial charge in [0.05, 0.1) is 0 Å². The minimum absolute atomic E-state index is 0.196. The molecule has 1 aromatic rings. The van der Waals surface area contributed by atoms with Crippen molar-refractivity contribution in [2.45, 2.75) is 71.1 Å². The second-order valence-corrected chi connectivity index (χ2v) is 7.83. The van der Waals surface area contributed by atoms with Crippen molar-refractivity contribution in [2.24, 2.45) is 0 Å². The Morgan fingerprint density at radius 2 is 2.20 bits per heavy atom. The summed E-state index contributed by atoms with van der Waals surface area (Å²) in [6.45, 7) is 8.65. The second kappa shape index (κ2) is 8.29. The minimum Gasteiger partial charge on any atom is -0.444 e. The van der Waals surface area contributed by atoms with Crippen LogP contribution in [0, 0.1) is 12.3 Å². The van der Waals surface area contributed by atoms with E-state index in [2.05, 4.69) is 18.2 Å². The van der Waals surface area contributed by atoms with Gasteiger partial charge in [-0.3, -0.25) is 0 Å². The summed E-state index contributed by atoms with van der Waals surface area (Å²) >= 11 is 0. The number of hydrogen-bond acceptors (Lipinski definition) is 3. The number of benzene rings is 1. The zero-order chi connectivity index (χ0) is 18.4. The van der Waals surface area contributed by atoms with E-state index in [0.717, 1.165) is 43.5 Å². The van der Waals surface area contributed by atoms with E-state index < -0.39 is 5.60 Å². The molecule has 0 saturated carbocycles. The molecule has 1 aliphatic rings. The average Bonchev–Trinajstić information content (AvgIpc) is 2.53. The number of carbonyl (C=O) groups excluding carboxylic acids is 1. The predicted molar refractivity (Wildman–Crippen MR) is 103 cm³/mol. The highest BCUT2D eigenvalue weighted by Crippen LogP contribution is 2.24. The third-order valence-corrected chi connectivity index (χ3v) is 4.32. The van der Waals surface area contributed by atoms with Crippen LogP contribution in [0.15, 0.2) is 24.3 Å². The Labute approximate surface area is 151 Å². The molecule has 4 heteroatoms. The van der Waals surface area contributed by atoms with E-state index in [-0.39, 0.29) is 18.2 Å². The van der Waals surface area contributed by atoms with Crippen molar-refractivity contribution in [1.29, 1.82) is 0 Å². The maximum atomic E-state index is 12.5. The van der Waals surface area contributed by atoms with Crippen molar-refractivity contribution in [2.75, 3.05) is 11.9 Å². The van der Waals surface area contributed by atoms with E-state index in [4.69, 9.17) is 11.2 Å². The third kappa shape index (κ3) is 6.01. The molecule has 25 heavy (non-hydrogen) atoms. The molecule has 1 heterocycles. The summed E-state index contributed by atoms with van der Waals surface area (Å²) in [7, 11) is 0. The number of terminal acetylenes is 1. The number of likely N-dealkylation sites (tertiary alicyclic amines) is 1. The number of nitrogens with zero attached hydrogens (tertiary/aromatic N) is 1. The van der Waals surface area contributed by atoms with Crippen LogP contribution in [0.1, 0.15) is 58.9 Å². The lowest BCUT2D eigenvalue weighted by Crippen LogP contribution is -2.47. The molecule has 2 unspecified atom stereocenters. The zero-order valence-corrected chi connectivity index (χ0v) is 15.8. The zero-order valence-electron chi connectivity index (χ0n) is 15.8. The molecule has 1 aliphatic heterocycles. The highest BCUT2D eigenvalue weighted by atomic mass is 16.6. The van der Waals surface area contributed by atoms with Gasteiger partial charge in [0, 0.05) is 29.9 Å². The molecule has 136 valence electrons. The molecule has 2 atom stereocenters. The van der Waals surface area contributed by atoms with E-state index in [0.29, 0.717) is 0 Å². The fourth-order valence-corrected chi connectivity index (χ4v) is 3.26. The Kier molecular flexibility index (Phi) is 6.36. The van der Waals surface area contributed by atoms with Gasteiger partial charge in [-0.15, -0.1) is 6.42 Å². The van der Waals surface area contributed by atoms with Gasteiger partial charge in [0.25, 0.3) is 0 Å². The van der Waals surface area contributed by atoms with Gasteiger partial charge in [0.15, 0.2) is 0 Å². The summed E-state index contributed by atoms with van der Waals surface area (Å²) in [6, 6.07) is 8.31. The van der Waals surface area contributed by atoms with Gasteiger partial charge in [-0.05, 0) is 71.6 Å². The Balaban J connectivity index is 1.98. The summed E-state index contributed by atoms with van der Waals surface area (Å²) in [5.41, 5.74) is 1.42. The number of carbonyl (C=O) groups is 1. The van der Waals surface area contributed by atoms with Crippen molar-refractivity contribution in [1.82, 2.24) is 4.90 Å². The quantitative estimate of drug-likeness (QED) is 0.810. The number of rotatable bonds is 4. The lowest BCUT2D eigenvalue weighted by Gasteiger charge is -2.38. The maximum absolute atomic E-state index is 12.5. The summed E-state index contributed by atoms with van der Waals surface area (Å²) in [5.74, 6) is 2.66. The molecule has 1 N–H and O–H groups in total. The molecule has 0 aliphatic carbocycles. The van der Waals surface area contributed by atoms with Crippen LogP contribution in [0.2, 0.25) is 0 Å². The Bertz CT molecular complexity index is 628. The molecular weight excluding hydrogens is 312 g/mol. The van der Waals surface area contributed by atoms with E-state index in [9.17, 15) is 4.79 Å². The van der Waals surface area contributed by atoms with Gasteiger partial charge >= 0.3 is 6.09 Å². The maximum Gasteiger partial charge on any atom is 0.410 e.